The minimum absolute atomic E-state index is 0.173. The molecule has 292 valence electrons. The summed E-state index contributed by atoms with van der Waals surface area (Å²) in [5, 5.41) is 13.0. The van der Waals surface area contributed by atoms with Crippen LogP contribution in [0.25, 0.3) is 11.1 Å². The molecule has 4 aromatic rings. The predicted molar refractivity (Wildman–Crippen MR) is 186 cm³/mol. The van der Waals surface area contributed by atoms with E-state index in [0.29, 0.717) is 25.0 Å². The van der Waals surface area contributed by atoms with Crippen LogP contribution in [0.15, 0.2) is 96.2 Å². The first kappa shape index (κ1) is 39.7. The molecule has 0 aliphatic carbocycles. The number of fused-ring (bicyclic) bond motifs is 1. The van der Waals surface area contributed by atoms with Crippen LogP contribution >= 0.6 is 0 Å². The summed E-state index contributed by atoms with van der Waals surface area (Å²) in [6, 6.07) is 13.7. The van der Waals surface area contributed by atoms with Crippen molar-refractivity contribution >= 4 is 27.5 Å². The third-order valence-corrected chi connectivity index (χ3v) is 11.9. The maximum Gasteiger partial charge on any atom is 0.430 e. The van der Waals surface area contributed by atoms with Gasteiger partial charge in [-0.25, -0.2) is 12.8 Å². The molecule has 0 spiro atoms. The van der Waals surface area contributed by atoms with Crippen LogP contribution in [0.4, 0.5) is 36.4 Å². The van der Waals surface area contributed by atoms with Crippen molar-refractivity contribution in [1.29, 1.82) is 0 Å². The van der Waals surface area contributed by atoms with Crippen molar-refractivity contribution < 1.29 is 53.8 Å². The van der Waals surface area contributed by atoms with Gasteiger partial charge < -0.3 is 15.3 Å². The molecule has 1 saturated heterocycles. The van der Waals surface area contributed by atoms with Crippen molar-refractivity contribution in [3.8, 4) is 11.1 Å². The van der Waals surface area contributed by atoms with Gasteiger partial charge in [0.05, 0.1) is 22.7 Å². The zero-order valence-electron chi connectivity index (χ0n) is 29.1. The number of benzene rings is 3. The molecule has 17 heteroatoms. The van der Waals surface area contributed by atoms with Gasteiger partial charge in [0.15, 0.2) is 0 Å². The van der Waals surface area contributed by atoms with Crippen molar-refractivity contribution in [2.45, 2.75) is 80.0 Å². The third kappa shape index (κ3) is 7.63. The molecule has 3 aromatic carbocycles. The topological polar surface area (TPSA) is 120 Å². The molecule has 3 atom stereocenters. The number of rotatable bonds is 9. The average molecular weight is 793 g/mol. The molecular weight excluding hydrogens is 757 g/mol. The maximum atomic E-state index is 14.1. The molecule has 0 saturated carbocycles. The van der Waals surface area contributed by atoms with E-state index in [4.69, 9.17) is 0 Å². The number of halogens is 7. The number of sulfonamides is 1. The van der Waals surface area contributed by atoms with Gasteiger partial charge in [-0.05, 0) is 97.3 Å². The van der Waals surface area contributed by atoms with Gasteiger partial charge in [0.1, 0.15) is 11.9 Å². The van der Waals surface area contributed by atoms with E-state index >= 15 is 0 Å². The van der Waals surface area contributed by atoms with Crippen LogP contribution in [0.3, 0.4) is 0 Å². The lowest BCUT2D eigenvalue weighted by atomic mass is 9.87. The predicted octanol–water partition coefficient (Wildman–Crippen LogP) is 6.97. The fourth-order valence-electron chi connectivity index (χ4n) is 7.15. The lowest BCUT2D eigenvalue weighted by molar-refractivity contribution is -0.376. The van der Waals surface area contributed by atoms with Crippen LogP contribution in [0.1, 0.15) is 55.3 Å². The molecule has 2 amide bonds. The van der Waals surface area contributed by atoms with Crippen molar-refractivity contribution in [2.24, 2.45) is 0 Å². The minimum Gasteiger partial charge on any atom is -0.369 e. The Hall–Kier alpha value is -5.03. The highest BCUT2D eigenvalue weighted by Gasteiger charge is 2.71. The summed E-state index contributed by atoms with van der Waals surface area (Å²) in [6.07, 6.45) is -9.21. The summed E-state index contributed by atoms with van der Waals surface area (Å²) >= 11 is 0. The number of pyridine rings is 1. The largest absolute Gasteiger partial charge is 0.430 e. The number of nitrogens with zero attached hydrogens (tertiary/aromatic N) is 3. The SMILES string of the molecule is CC(NC(=O)C1CCCN1C(=O)CC1CCc2cc(C(O)(C(F)(F)F)C(F)(F)F)ccc2N1S(=O)(=O)c1ccc(F)cc1)c1cccc(-c2cccnc2)c1. The first-order valence-corrected chi connectivity index (χ1v) is 18.7. The molecule has 9 nitrogen and oxygen atoms in total. The molecule has 0 bridgehead atoms. The molecule has 6 rings (SSSR count). The highest BCUT2D eigenvalue weighted by molar-refractivity contribution is 7.92. The van der Waals surface area contributed by atoms with Gasteiger partial charge in [-0.2, -0.15) is 26.3 Å². The number of anilines is 1. The number of amides is 2. The second-order valence-corrected chi connectivity index (χ2v) is 15.4. The zero-order chi connectivity index (χ0) is 39.9. The first-order chi connectivity index (χ1) is 25.8. The monoisotopic (exact) mass is 792 g/mol. The summed E-state index contributed by atoms with van der Waals surface area (Å²) in [5.74, 6) is -1.82. The highest BCUT2D eigenvalue weighted by Crippen LogP contribution is 2.51. The Kier molecular flexibility index (Phi) is 10.7. The van der Waals surface area contributed by atoms with E-state index in [9.17, 15) is 53.8 Å². The van der Waals surface area contributed by atoms with Crippen molar-refractivity contribution in [1.82, 2.24) is 15.2 Å². The van der Waals surface area contributed by atoms with Gasteiger partial charge in [0.2, 0.25) is 11.8 Å². The number of nitrogens with one attached hydrogen (secondary N) is 1. The number of aliphatic hydroxyl groups is 1. The first-order valence-electron chi connectivity index (χ1n) is 17.2. The molecule has 55 heavy (non-hydrogen) atoms. The number of carbonyl (C=O) groups excluding carboxylic acids is 2. The number of aryl methyl sites for hydroxylation is 1. The van der Waals surface area contributed by atoms with E-state index in [-0.39, 0.29) is 30.6 Å². The van der Waals surface area contributed by atoms with Crippen LogP contribution in [0.2, 0.25) is 0 Å². The van der Waals surface area contributed by atoms with E-state index in [1.54, 1.807) is 25.4 Å². The van der Waals surface area contributed by atoms with Crippen LogP contribution < -0.4 is 9.62 Å². The summed E-state index contributed by atoms with van der Waals surface area (Å²) in [4.78, 5) is 32.6. The van der Waals surface area contributed by atoms with Crippen LogP contribution in [-0.4, -0.2) is 66.2 Å². The highest BCUT2D eigenvalue weighted by atomic mass is 32.2. The van der Waals surface area contributed by atoms with E-state index in [1.165, 1.54) is 4.90 Å². The number of alkyl halides is 6. The van der Waals surface area contributed by atoms with Gasteiger partial charge in [-0.3, -0.25) is 18.9 Å². The Morgan fingerprint density at radius 1 is 0.927 bits per heavy atom. The normalized spacial score (nSPS) is 18.5. The van der Waals surface area contributed by atoms with Crippen LogP contribution in [0, 0.1) is 5.82 Å². The van der Waals surface area contributed by atoms with Crippen LogP contribution in [0.5, 0.6) is 0 Å². The smallest absolute Gasteiger partial charge is 0.369 e. The standard InChI is InChI=1S/C38H35F7N4O5S/c1-23(24-5-2-6-25(19-24)27-7-3-17-46-22-27)47-35(51)33-8-4-18-48(33)34(50)21-30-13-9-26-20-28(36(52,37(40,41)42)38(43,44)45)10-16-32(26)49(30)55(53,54)31-14-11-29(39)12-15-31/h2-3,5-7,10-12,14-17,19-20,22-23,30,33,52H,4,8-9,13,18,21H2,1H3,(H,47,51). The summed E-state index contributed by atoms with van der Waals surface area (Å²) < 4.78 is 125. The second kappa shape index (κ2) is 14.9. The Labute approximate surface area is 311 Å². The number of carbonyl (C=O) groups is 2. The van der Waals surface area contributed by atoms with Gasteiger partial charge in [-0.1, -0.05) is 36.4 Å². The average Bonchev–Trinajstić information content (AvgIpc) is 3.64. The summed E-state index contributed by atoms with van der Waals surface area (Å²) in [5.41, 5.74) is -4.86. The fraction of sp³-hybridized carbons (Fsp3) is 0.342. The Balaban J connectivity index is 1.27. The Morgan fingerprint density at radius 2 is 1.62 bits per heavy atom. The molecule has 0 radical (unpaired) electrons. The molecule has 3 heterocycles. The Bertz CT molecular complexity index is 2150. The van der Waals surface area contributed by atoms with E-state index in [2.05, 4.69) is 10.3 Å². The van der Waals surface area contributed by atoms with E-state index < -0.39 is 80.6 Å². The minimum atomic E-state index is -6.18. The molecule has 2 aliphatic rings. The van der Waals surface area contributed by atoms with Crippen molar-refractivity contribution in [2.75, 3.05) is 10.8 Å². The van der Waals surface area contributed by atoms with Gasteiger partial charge in [0, 0.05) is 30.9 Å². The Morgan fingerprint density at radius 3 is 2.27 bits per heavy atom. The van der Waals surface area contributed by atoms with E-state index in [0.717, 1.165) is 51.3 Å². The number of likely N-dealkylation sites (tertiary alicyclic amines) is 1. The molecular formula is C38H35F7N4O5S. The molecule has 2 aliphatic heterocycles. The summed E-state index contributed by atoms with van der Waals surface area (Å²) in [6.45, 7) is 1.96. The summed E-state index contributed by atoms with van der Waals surface area (Å²) in [7, 11) is -4.71. The van der Waals surface area contributed by atoms with Gasteiger partial charge >= 0.3 is 12.4 Å². The molecule has 1 fully saturated rings. The van der Waals surface area contributed by atoms with Crippen molar-refractivity contribution in [3.05, 3.63) is 114 Å². The van der Waals surface area contributed by atoms with E-state index in [1.807, 2.05) is 30.3 Å². The lowest BCUT2D eigenvalue weighted by Gasteiger charge is -2.39. The third-order valence-electron chi connectivity index (χ3n) is 10.0. The second-order valence-electron chi connectivity index (χ2n) is 13.5. The number of aromatic nitrogens is 1. The zero-order valence-corrected chi connectivity index (χ0v) is 29.9. The molecule has 3 unspecified atom stereocenters. The molecule has 1 aromatic heterocycles. The quantitative estimate of drug-likeness (QED) is 0.177. The van der Waals surface area contributed by atoms with Gasteiger partial charge in [-0.15, -0.1) is 0 Å². The fourth-order valence-corrected chi connectivity index (χ4v) is 8.87. The lowest BCUT2D eigenvalue weighted by Crippen LogP contribution is -2.54. The van der Waals surface area contributed by atoms with Gasteiger partial charge in [0.25, 0.3) is 15.6 Å². The number of hydrogen-bond acceptors (Lipinski definition) is 6. The number of hydrogen-bond donors (Lipinski definition) is 2. The maximum absolute atomic E-state index is 14.1. The molecule has 2 N–H and O–H groups in total. The van der Waals surface area contributed by atoms with Crippen LogP contribution in [-0.2, 0) is 31.6 Å². The van der Waals surface area contributed by atoms with Crippen molar-refractivity contribution in [3.63, 3.8) is 0 Å².